The van der Waals surface area contributed by atoms with Crippen LogP contribution in [0.25, 0.3) is 0 Å². The second-order valence-corrected chi connectivity index (χ2v) is 7.43. The Kier molecular flexibility index (Phi) is 5.74. The van der Waals surface area contributed by atoms with Gasteiger partial charge in [-0.25, -0.2) is 0 Å². The van der Waals surface area contributed by atoms with E-state index in [1.165, 1.54) is 24.2 Å². The van der Waals surface area contributed by atoms with Crippen molar-refractivity contribution in [1.29, 1.82) is 0 Å². The lowest BCUT2D eigenvalue weighted by Gasteiger charge is -2.34. The molecule has 0 spiro atoms. The first-order valence-electron chi connectivity index (χ1n) is 7.33. The fraction of sp³-hybridized carbons (Fsp3) is 0.625. The molecule has 2 unspecified atom stereocenters. The molecular formula is C16H26N2S. The van der Waals surface area contributed by atoms with Crippen LogP contribution in [0.15, 0.2) is 24.3 Å². The van der Waals surface area contributed by atoms with E-state index in [1.807, 2.05) is 0 Å². The van der Waals surface area contributed by atoms with Crippen molar-refractivity contribution < 1.29 is 0 Å². The van der Waals surface area contributed by atoms with Gasteiger partial charge in [-0.05, 0) is 17.7 Å². The van der Waals surface area contributed by atoms with Gasteiger partial charge in [-0.15, -0.1) is 0 Å². The Balaban J connectivity index is 1.94. The number of nitrogens with one attached hydrogen (secondary N) is 1. The normalized spacial score (nSPS) is 24.6. The summed E-state index contributed by atoms with van der Waals surface area (Å²) in [7, 11) is 0. The molecule has 0 amide bonds. The van der Waals surface area contributed by atoms with Crippen molar-refractivity contribution >= 4 is 11.8 Å². The van der Waals surface area contributed by atoms with Crippen LogP contribution in [-0.4, -0.2) is 35.0 Å². The summed E-state index contributed by atoms with van der Waals surface area (Å²) in [6.07, 6.45) is 0. The molecule has 106 valence electrons. The van der Waals surface area contributed by atoms with Crippen LogP contribution in [0.5, 0.6) is 0 Å². The van der Waals surface area contributed by atoms with Crippen molar-refractivity contribution in [2.24, 2.45) is 0 Å². The molecule has 1 saturated heterocycles. The van der Waals surface area contributed by atoms with Gasteiger partial charge in [0.15, 0.2) is 0 Å². The van der Waals surface area contributed by atoms with Gasteiger partial charge in [-0.3, -0.25) is 4.90 Å². The summed E-state index contributed by atoms with van der Waals surface area (Å²) in [5.41, 5.74) is 2.84. The first-order chi connectivity index (χ1) is 9.17. The maximum atomic E-state index is 3.39. The van der Waals surface area contributed by atoms with Crippen LogP contribution < -0.4 is 5.32 Å². The molecule has 1 aliphatic heterocycles. The average molecular weight is 278 g/mol. The molecule has 2 atom stereocenters. The van der Waals surface area contributed by atoms with Crippen molar-refractivity contribution in [2.75, 3.05) is 19.6 Å². The van der Waals surface area contributed by atoms with Gasteiger partial charge in [0, 0.05) is 36.7 Å². The van der Waals surface area contributed by atoms with Crippen LogP contribution in [-0.2, 0) is 13.1 Å². The molecule has 1 heterocycles. The van der Waals surface area contributed by atoms with Crippen molar-refractivity contribution in [3.8, 4) is 0 Å². The van der Waals surface area contributed by atoms with E-state index in [9.17, 15) is 0 Å². The topological polar surface area (TPSA) is 15.3 Å². The second kappa shape index (κ2) is 7.32. The molecule has 2 nitrogen and oxygen atoms in total. The molecule has 1 aromatic rings. The highest BCUT2D eigenvalue weighted by Crippen LogP contribution is 2.25. The van der Waals surface area contributed by atoms with Crippen LogP contribution in [0.2, 0.25) is 0 Å². The van der Waals surface area contributed by atoms with E-state index in [2.05, 4.69) is 67.0 Å². The van der Waals surface area contributed by atoms with Gasteiger partial charge in [0.1, 0.15) is 0 Å². The van der Waals surface area contributed by atoms with Crippen molar-refractivity contribution in [3.05, 3.63) is 35.4 Å². The quantitative estimate of drug-likeness (QED) is 0.891. The Morgan fingerprint density at radius 2 is 1.89 bits per heavy atom. The number of hydrogen-bond acceptors (Lipinski definition) is 3. The van der Waals surface area contributed by atoms with Crippen LogP contribution in [0, 0.1) is 0 Å². The summed E-state index contributed by atoms with van der Waals surface area (Å²) >= 11 is 2.12. The highest BCUT2D eigenvalue weighted by molar-refractivity contribution is 8.00. The Hall–Kier alpha value is -0.510. The summed E-state index contributed by atoms with van der Waals surface area (Å²) < 4.78 is 0. The average Bonchev–Trinajstić information content (AvgIpc) is 2.35. The fourth-order valence-electron chi connectivity index (χ4n) is 2.78. The van der Waals surface area contributed by atoms with Crippen LogP contribution in [0.3, 0.4) is 0 Å². The molecule has 0 aromatic heterocycles. The number of benzene rings is 1. The lowest BCUT2D eigenvalue weighted by molar-refractivity contribution is 0.263. The molecule has 19 heavy (non-hydrogen) atoms. The smallest absolute Gasteiger partial charge is 0.0234 e. The zero-order valence-corrected chi connectivity index (χ0v) is 13.2. The van der Waals surface area contributed by atoms with Gasteiger partial charge in [0.25, 0.3) is 0 Å². The molecule has 1 N–H and O–H groups in total. The number of thioether (sulfide) groups is 1. The number of hydrogen-bond donors (Lipinski definition) is 1. The van der Waals surface area contributed by atoms with Gasteiger partial charge < -0.3 is 5.32 Å². The van der Waals surface area contributed by atoms with Gasteiger partial charge >= 0.3 is 0 Å². The largest absolute Gasteiger partial charge is 0.313 e. The number of rotatable bonds is 5. The monoisotopic (exact) mass is 278 g/mol. The highest BCUT2D eigenvalue weighted by Gasteiger charge is 2.21. The Morgan fingerprint density at radius 3 is 2.58 bits per heavy atom. The molecule has 1 fully saturated rings. The predicted molar refractivity (Wildman–Crippen MR) is 85.6 cm³/mol. The van der Waals surface area contributed by atoms with Gasteiger partial charge in [0.05, 0.1) is 0 Å². The minimum atomic E-state index is 0.758. The summed E-state index contributed by atoms with van der Waals surface area (Å²) in [5.74, 6) is 0. The molecule has 1 aromatic carbocycles. The Bertz CT molecular complexity index is 384. The lowest BCUT2D eigenvalue weighted by atomic mass is 10.1. The van der Waals surface area contributed by atoms with Crippen LogP contribution in [0.1, 0.15) is 31.9 Å². The molecule has 0 bridgehead atoms. The summed E-state index contributed by atoms with van der Waals surface area (Å²) in [4.78, 5) is 2.60. The highest BCUT2D eigenvalue weighted by atomic mass is 32.2. The van der Waals surface area contributed by atoms with Crippen LogP contribution >= 0.6 is 11.8 Å². The molecule has 2 rings (SSSR count). The van der Waals surface area contributed by atoms with Gasteiger partial charge in [-0.2, -0.15) is 11.8 Å². The molecule has 1 aliphatic rings. The third-order valence-electron chi connectivity index (χ3n) is 3.47. The van der Waals surface area contributed by atoms with E-state index in [1.54, 1.807) is 0 Å². The minimum Gasteiger partial charge on any atom is -0.313 e. The van der Waals surface area contributed by atoms with E-state index in [-0.39, 0.29) is 0 Å². The van der Waals surface area contributed by atoms with Crippen molar-refractivity contribution in [2.45, 2.75) is 44.4 Å². The second-order valence-electron chi connectivity index (χ2n) is 5.55. The maximum Gasteiger partial charge on any atom is 0.0234 e. The summed E-state index contributed by atoms with van der Waals surface area (Å²) in [5, 5.41) is 4.91. The van der Waals surface area contributed by atoms with E-state index >= 15 is 0 Å². The van der Waals surface area contributed by atoms with Gasteiger partial charge in [-0.1, -0.05) is 45.0 Å². The third kappa shape index (κ3) is 4.83. The zero-order valence-electron chi connectivity index (χ0n) is 12.4. The Morgan fingerprint density at radius 1 is 1.21 bits per heavy atom. The van der Waals surface area contributed by atoms with Crippen molar-refractivity contribution in [3.63, 3.8) is 0 Å². The zero-order chi connectivity index (χ0) is 13.7. The lowest BCUT2D eigenvalue weighted by Crippen LogP contribution is -2.39. The minimum absolute atomic E-state index is 0.758. The standard InChI is InChI=1S/C16H26N2S/c1-4-17-9-15-6-5-7-16(8-15)12-18-10-13(2)19-14(3)11-18/h5-8,13-14,17H,4,9-12H2,1-3H3. The maximum absolute atomic E-state index is 3.39. The van der Waals surface area contributed by atoms with E-state index in [0.717, 1.165) is 30.1 Å². The predicted octanol–water partition coefficient (Wildman–Crippen LogP) is 3.12. The van der Waals surface area contributed by atoms with E-state index in [4.69, 9.17) is 0 Å². The first-order valence-corrected chi connectivity index (χ1v) is 8.28. The summed E-state index contributed by atoms with van der Waals surface area (Å²) in [6, 6.07) is 9.00. The summed E-state index contributed by atoms with van der Waals surface area (Å²) in [6.45, 7) is 12.4. The van der Waals surface area contributed by atoms with Crippen LogP contribution in [0.4, 0.5) is 0 Å². The number of nitrogens with zero attached hydrogens (tertiary/aromatic N) is 1. The molecular weight excluding hydrogens is 252 g/mol. The molecule has 0 radical (unpaired) electrons. The molecule has 3 heteroatoms. The molecule has 0 saturated carbocycles. The Labute approximate surface area is 122 Å². The third-order valence-corrected chi connectivity index (χ3v) is 4.70. The fourth-order valence-corrected chi connectivity index (χ4v) is 4.17. The van der Waals surface area contributed by atoms with Crippen molar-refractivity contribution in [1.82, 2.24) is 10.2 Å². The SMILES string of the molecule is CCNCc1cccc(CN2CC(C)SC(C)C2)c1. The van der Waals surface area contributed by atoms with E-state index in [0.29, 0.717) is 0 Å². The van der Waals surface area contributed by atoms with E-state index < -0.39 is 0 Å². The molecule has 0 aliphatic carbocycles. The first kappa shape index (κ1) is 14.9. The van der Waals surface area contributed by atoms with Gasteiger partial charge in [0.2, 0.25) is 0 Å².